The largest absolute Gasteiger partial charge is 0.205 e. The van der Waals surface area contributed by atoms with Crippen LogP contribution in [-0.4, -0.2) is 0 Å². The number of halogens is 6. The highest BCUT2D eigenvalue weighted by molar-refractivity contribution is 6.48. The second-order valence-corrected chi connectivity index (χ2v) is 5.49. The van der Waals surface area contributed by atoms with Crippen LogP contribution in [-0.2, 0) is 0 Å². The Morgan fingerprint density at radius 2 is 1.00 bits per heavy atom. The summed E-state index contributed by atoms with van der Waals surface area (Å²) in [5.74, 6) is -0.610. The van der Waals surface area contributed by atoms with Crippen LogP contribution in [0.2, 0.25) is 25.1 Å². The van der Waals surface area contributed by atoms with E-state index >= 15 is 0 Å². The van der Waals surface area contributed by atoms with E-state index in [1.807, 2.05) is 0 Å². The minimum atomic E-state index is -0.610. The molecule has 94 valence electrons. The van der Waals surface area contributed by atoms with Gasteiger partial charge in [-0.25, -0.2) is 4.39 Å². The van der Waals surface area contributed by atoms with E-state index in [2.05, 4.69) is 0 Å². The molecule has 18 heavy (non-hydrogen) atoms. The standard InChI is InChI=1S/C12H4Cl5F/c13-7-1-5(2-8(14)11(7)16)6-3-9(15)12(17)10(18)4-6/h1-4H. The van der Waals surface area contributed by atoms with Crippen LogP contribution < -0.4 is 0 Å². The molecule has 0 N–H and O–H groups in total. The van der Waals surface area contributed by atoms with E-state index in [4.69, 9.17) is 58.0 Å². The smallest absolute Gasteiger partial charge is 0.143 e. The van der Waals surface area contributed by atoms with E-state index in [9.17, 15) is 4.39 Å². The van der Waals surface area contributed by atoms with Crippen molar-refractivity contribution in [2.45, 2.75) is 0 Å². The first kappa shape index (κ1) is 14.2. The Morgan fingerprint density at radius 3 is 1.44 bits per heavy atom. The molecule has 0 spiro atoms. The maximum absolute atomic E-state index is 13.5. The molecule has 0 aliphatic rings. The molecule has 0 saturated carbocycles. The minimum absolute atomic E-state index is 0.119. The summed E-state index contributed by atoms with van der Waals surface area (Å²) in [6.45, 7) is 0. The average Bonchev–Trinajstić information content (AvgIpc) is 2.31. The van der Waals surface area contributed by atoms with Gasteiger partial charge in [-0.3, -0.25) is 0 Å². The highest BCUT2D eigenvalue weighted by atomic mass is 35.5. The van der Waals surface area contributed by atoms with Crippen molar-refractivity contribution in [3.8, 4) is 11.1 Å². The van der Waals surface area contributed by atoms with Gasteiger partial charge in [0.2, 0.25) is 0 Å². The molecule has 0 unspecified atom stereocenters. The monoisotopic (exact) mass is 342 g/mol. The van der Waals surface area contributed by atoms with Gasteiger partial charge in [0.05, 0.1) is 25.1 Å². The first-order chi connectivity index (χ1) is 8.40. The molecule has 0 saturated heterocycles. The molecule has 2 aromatic rings. The zero-order valence-electron chi connectivity index (χ0n) is 8.58. The third-order valence-corrected chi connectivity index (χ3v) is 4.28. The third kappa shape index (κ3) is 2.71. The molecule has 0 heterocycles. The Labute approximate surface area is 128 Å². The molecular weight excluding hydrogens is 340 g/mol. The molecule has 0 aliphatic carbocycles. The summed E-state index contributed by atoms with van der Waals surface area (Å²) in [5.41, 5.74) is 1.12. The number of rotatable bonds is 1. The number of hydrogen-bond donors (Lipinski definition) is 0. The van der Waals surface area contributed by atoms with E-state index in [0.717, 1.165) is 0 Å². The van der Waals surface area contributed by atoms with Gasteiger partial charge in [-0.1, -0.05) is 58.0 Å². The van der Waals surface area contributed by atoms with Crippen molar-refractivity contribution >= 4 is 58.0 Å². The van der Waals surface area contributed by atoms with Crippen LogP contribution >= 0.6 is 58.0 Å². The molecule has 2 aromatic carbocycles. The lowest BCUT2D eigenvalue weighted by Crippen LogP contribution is -1.85. The Hall–Kier alpha value is -0.180. The molecule has 0 bridgehead atoms. The SMILES string of the molecule is Fc1cc(-c2cc(Cl)c(Cl)c(Cl)c2)cc(Cl)c1Cl. The lowest BCUT2D eigenvalue weighted by atomic mass is 10.1. The number of benzene rings is 2. The van der Waals surface area contributed by atoms with Crippen LogP contribution in [0.25, 0.3) is 11.1 Å². The first-order valence-electron chi connectivity index (χ1n) is 4.69. The molecule has 0 aliphatic heterocycles. The van der Waals surface area contributed by atoms with Crippen molar-refractivity contribution < 1.29 is 4.39 Å². The maximum atomic E-state index is 13.5. The van der Waals surface area contributed by atoms with Crippen LogP contribution in [0.5, 0.6) is 0 Å². The van der Waals surface area contributed by atoms with E-state index in [1.54, 1.807) is 12.1 Å². The van der Waals surface area contributed by atoms with Crippen molar-refractivity contribution in [2.75, 3.05) is 0 Å². The van der Waals surface area contributed by atoms with Crippen molar-refractivity contribution in [1.82, 2.24) is 0 Å². The predicted octanol–water partition coefficient (Wildman–Crippen LogP) is 6.76. The molecule has 6 heteroatoms. The van der Waals surface area contributed by atoms with Crippen LogP contribution in [0.4, 0.5) is 4.39 Å². The molecule has 0 atom stereocenters. The topological polar surface area (TPSA) is 0 Å². The lowest BCUT2D eigenvalue weighted by molar-refractivity contribution is 0.629. The van der Waals surface area contributed by atoms with Gasteiger partial charge in [0.1, 0.15) is 5.82 Å². The van der Waals surface area contributed by atoms with Gasteiger partial charge in [0.15, 0.2) is 0 Å². The summed E-state index contributed by atoms with van der Waals surface area (Å²) in [6.07, 6.45) is 0. The van der Waals surface area contributed by atoms with Gasteiger partial charge in [-0.2, -0.15) is 0 Å². The molecule has 0 fully saturated rings. The average molecular weight is 344 g/mol. The molecule has 0 nitrogen and oxygen atoms in total. The molecule has 2 rings (SSSR count). The summed E-state index contributed by atoms with van der Waals surface area (Å²) < 4.78 is 13.5. The molecular formula is C12H4Cl5F. The fourth-order valence-electron chi connectivity index (χ4n) is 1.44. The van der Waals surface area contributed by atoms with Gasteiger partial charge in [-0.15, -0.1) is 0 Å². The van der Waals surface area contributed by atoms with Gasteiger partial charge < -0.3 is 0 Å². The van der Waals surface area contributed by atoms with Crippen molar-refractivity contribution in [3.63, 3.8) is 0 Å². The van der Waals surface area contributed by atoms with Gasteiger partial charge in [0.25, 0.3) is 0 Å². The Balaban J connectivity index is 2.63. The summed E-state index contributed by atoms with van der Waals surface area (Å²) in [5, 5.41) is 0.819. The summed E-state index contributed by atoms with van der Waals surface area (Å²) in [7, 11) is 0. The van der Waals surface area contributed by atoms with E-state index in [-0.39, 0.29) is 25.1 Å². The second kappa shape index (κ2) is 5.44. The van der Waals surface area contributed by atoms with E-state index < -0.39 is 5.82 Å². The minimum Gasteiger partial charge on any atom is -0.205 e. The van der Waals surface area contributed by atoms with Crippen molar-refractivity contribution in [3.05, 3.63) is 55.2 Å². The van der Waals surface area contributed by atoms with Gasteiger partial charge >= 0.3 is 0 Å². The first-order valence-corrected chi connectivity index (χ1v) is 6.58. The fourth-order valence-corrected chi connectivity index (χ4v) is 2.36. The molecule has 0 radical (unpaired) electrons. The van der Waals surface area contributed by atoms with Crippen LogP contribution in [0.3, 0.4) is 0 Å². The van der Waals surface area contributed by atoms with Gasteiger partial charge in [-0.05, 0) is 35.4 Å². The second-order valence-electron chi connectivity index (χ2n) is 3.51. The Morgan fingerprint density at radius 1 is 0.611 bits per heavy atom. The third-order valence-electron chi connectivity index (χ3n) is 2.30. The summed E-state index contributed by atoms with van der Waals surface area (Å²) >= 11 is 29.1. The van der Waals surface area contributed by atoms with Crippen molar-refractivity contribution in [1.29, 1.82) is 0 Å². The zero-order valence-corrected chi connectivity index (χ0v) is 12.4. The highest BCUT2D eigenvalue weighted by Crippen LogP contribution is 2.37. The summed E-state index contributed by atoms with van der Waals surface area (Å²) in [4.78, 5) is 0. The van der Waals surface area contributed by atoms with Crippen molar-refractivity contribution in [2.24, 2.45) is 0 Å². The fraction of sp³-hybridized carbons (Fsp3) is 0. The summed E-state index contributed by atoms with van der Waals surface area (Å²) in [6, 6.07) is 5.94. The van der Waals surface area contributed by atoms with E-state index in [0.29, 0.717) is 11.1 Å². The Bertz CT molecular complexity index is 522. The van der Waals surface area contributed by atoms with Crippen LogP contribution in [0, 0.1) is 5.82 Å². The molecule has 0 aromatic heterocycles. The quantitative estimate of drug-likeness (QED) is 0.501. The van der Waals surface area contributed by atoms with Gasteiger partial charge in [0, 0.05) is 0 Å². The predicted molar refractivity (Wildman–Crippen MR) is 76.9 cm³/mol. The highest BCUT2D eigenvalue weighted by Gasteiger charge is 2.12. The number of hydrogen-bond acceptors (Lipinski definition) is 0. The Kier molecular flexibility index (Phi) is 4.30. The molecule has 0 amide bonds. The van der Waals surface area contributed by atoms with Crippen LogP contribution in [0.15, 0.2) is 24.3 Å². The van der Waals surface area contributed by atoms with E-state index in [1.165, 1.54) is 12.1 Å². The van der Waals surface area contributed by atoms with Crippen LogP contribution in [0.1, 0.15) is 0 Å². The zero-order chi connectivity index (χ0) is 13.4. The maximum Gasteiger partial charge on any atom is 0.143 e. The normalized spacial score (nSPS) is 10.8. The lowest BCUT2D eigenvalue weighted by Gasteiger charge is -2.07.